The average Bonchev–Trinajstić information content (AvgIpc) is 2.96. The number of nitrogens with two attached hydrogens (primary N) is 1. The number of imidazole rings is 1. The van der Waals surface area contributed by atoms with Crippen molar-refractivity contribution < 1.29 is 9.47 Å². The largest absolute Gasteiger partial charge is 0.497 e. The SMILES string of the molecule is COc1ccc(CN)c(OCCCn2ccnc2)c1. The van der Waals surface area contributed by atoms with Crippen molar-refractivity contribution in [3.63, 3.8) is 0 Å². The maximum Gasteiger partial charge on any atom is 0.127 e. The van der Waals surface area contributed by atoms with Gasteiger partial charge in [0, 0.05) is 37.1 Å². The summed E-state index contributed by atoms with van der Waals surface area (Å²) >= 11 is 0. The summed E-state index contributed by atoms with van der Waals surface area (Å²) in [6.07, 6.45) is 6.43. The van der Waals surface area contributed by atoms with Gasteiger partial charge in [-0.25, -0.2) is 4.98 Å². The Balaban J connectivity index is 1.87. The lowest BCUT2D eigenvalue weighted by Gasteiger charge is -2.12. The molecule has 0 fully saturated rings. The fourth-order valence-electron chi connectivity index (χ4n) is 1.81. The predicted octanol–water partition coefficient (Wildman–Crippen LogP) is 1.82. The Morgan fingerprint density at radius 3 is 2.95 bits per heavy atom. The molecule has 0 aliphatic heterocycles. The van der Waals surface area contributed by atoms with Crippen molar-refractivity contribution >= 4 is 0 Å². The zero-order valence-electron chi connectivity index (χ0n) is 11.1. The average molecular weight is 261 g/mol. The lowest BCUT2D eigenvalue weighted by molar-refractivity contribution is 0.296. The van der Waals surface area contributed by atoms with Crippen molar-refractivity contribution in [2.45, 2.75) is 19.5 Å². The summed E-state index contributed by atoms with van der Waals surface area (Å²) in [6, 6.07) is 5.70. The monoisotopic (exact) mass is 261 g/mol. The Hall–Kier alpha value is -2.01. The minimum atomic E-state index is 0.459. The lowest BCUT2D eigenvalue weighted by Crippen LogP contribution is -2.06. The molecule has 0 unspecified atom stereocenters. The maximum atomic E-state index is 5.78. The van der Waals surface area contributed by atoms with Crippen LogP contribution in [0.15, 0.2) is 36.9 Å². The smallest absolute Gasteiger partial charge is 0.127 e. The molecule has 0 amide bonds. The molecular formula is C14H19N3O2. The molecule has 5 heteroatoms. The molecule has 0 spiro atoms. The normalized spacial score (nSPS) is 10.4. The van der Waals surface area contributed by atoms with E-state index in [4.69, 9.17) is 15.2 Å². The predicted molar refractivity (Wildman–Crippen MR) is 73.2 cm³/mol. The molecule has 0 atom stereocenters. The van der Waals surface area contributed by atoms with E-state index in [9.17, 15) is 0 Å². The molecule has 19 heavy (non-hydrogen) atoms. The summed E-state index contributed by atoms with van der Waals surface area (Å²) < 4.78 is 13.0. The van der Waals surface area contributed by atoms with Crippen molar-refractivity contribution in [1.29, 1.82) is 0 Å². The minimum absolute atomic E-state index is 0.459. The van der Waals surface area contributed by atoms with Gasteiger partial charge in [-0.15, -0.1) is 0 Å². The fourth-order valence-corrected chi connectivity index (χ4v) is 1.81. The van der Waals surface area contributed by atoms with Crippen LogP contribution in [0, 0.1) is 0 Å². The number of hydrogen-bond acceptors (Lipinski definition) is 4. The molecule has 0 bridgehead atoms. The van der Waals surface area contributed by atoms with Crippen molar-refractivity contribution in [3.05, 3.63) is 42.5 Å². The van der Waals surface area contributed by atoms with Gasteiger partial charge in [0.25, 0.3) is 0 Å². The standard InChI is InChI=1S/C14H19N3O2/c1-18-13-4-3-12(10-15)14(9-13)19-8-2-6-17-7-5-16-11-17/h3-5,7,9,11H,2,6,8,10,15H2,1H3. The van der Waals surface area contributed by atoms with Crippen LogP contribution in [0.2, 0.25) is 0 Å². The second-order valence-corrected chi connectivity index (χ2v) is 4.18. The molecule has 5 nitrogen and oxygen atoms in total. The first-order valence-corrected chi connectivity index (χ1v) is 6.29. The molecule has 0 aliphatic carbocycles. The van der Waals surface area contributed by atoms with Gasteiger partial charge in [0.2, 0.25) is 0 Å². The highest BCUT2D eigenvalue weighted by molar-refractivity contribution is 5.40. The van der Waals surface area contributed by atoms with Gasteiger partial charge in [-0.2, -0.15) is 0 Å². The Bertz CT molecular complexity index is 497. The van der Waals surface area contributed by atoms with Gasteiger partial charge in [-0.1, -0.05) is 6.07 Å². The number of benzene rings is 1. The minimum Gasteiger partial charge on any atom is -0.497 e. The highest BCUT2D eigenvalue weighted by atomic mass is 16.5. The van der Waals surface area contributed by atoms with Gasteiger partial charge in [0.05, 0.1) is 20.0 Å². The molecule has 2 rings (SSSR count). The number of methoxy groups -OCH3 is 1. The Kier molecular flexibility index (Phi) is 4.80. The number of hydrogen-bond donors (Lipinski definition) is 1. The van der Waals surface area contributed by atoms with Gasteiger partial charge >= 0.3 is 0 Å². The summed E-state index contributed by atoms with van der Waals surface area (Å²) in [5.41, 5.74) is 6.68. The van der Waals surface area contributed by atoms with Crippen molar-refractivity contribution in [3.8, 4) is 11.5 Å². The van der Waals surface area contributed by atoms with E-state index in [0.717, 1.165) is 30.0 Å². The highest BCUT2D eigenvalue weighted by Gasteiger charge is 2.04. The van der Waals surface area contributed by atoms with Crippen LogP contribution >= 0.6 is 0 Å². The van der Waals surface area contributed by atoms with Gasteiger partial charge in [-0.3, -0.25) is 0 Å². The van der Waals surface area contributed by atoms with Crippen molar-refractivity contribution in [2.24, 2.45) is 5.73 Å². The molecular weight excluding hydrogens is 242 g/mol. The van der Waals surface area contributed by atoms with Crippen LogP contribution in [-0.4, -0.2) is 23.3 Å². The molecule has 102 valence electrons. The van der Waals surface area contributed by atoms with Gasteiger partial charge in [0.15, 0.2) is 0 Å². The van der Waals surface area contributed by atoms with Crippen LogP contribution in [0.4, 0.5) is 0 Å². The van der Waals surface area contributed by atoms with E-state index in [1.54, 1.807) is 19.6 Å². The Labute approximate surface area is 113 Å². The van der Waals surface area contributed by atoms with E-state index >= 15 is 0 Å². The Morgan fingerprint density at radius 1 is 1.37 bits per heavy atom. The highest BCUT2D eigenvalue weighted by Crippen LogP contribution is 2.24. The van der Waals surface area contributed by atoms with Crippen molar-refractivity contribution in [1.82, 2.24) is 9.55 Å². The second kappa shape index (κ2) is 6.80. The third kappa shape index (κ3) is 3.72. The van der Waals surface area contributed by atoms with Gasteiger partial charge < -0.3 is 19.8 Å². The second-order valence-electron chi connectivity index (χ2n) is 4.18. The number of nitrogens with zero attached hydrogens (tertiary/aromatic N) is 2. The van der Waals surface area contributed by atoms with Gasteiger partial charge in [-0.05, 0) is 12.5 Å². The van der Waals surface area contributed by atoms with Crippen LogP contribution in [0.5, 0.6) is 11.5 Å². The van der Waals surface area contributed by atoms with E-state index in [0.29, 0.717) is 13.2 Å². The lowest BCUT2D eigenvalue weighted by atomic mass is 10.2. The van der Waals surface area contributed by atoms with E-state index in [-0.39, 0.29) is 0 Å². The molecule has 1 heterocycles. The summed E-state index contributed by atoms with van der Waals surface area (Å²) in [6.45, 7) is 1.99. The molecule has 0 saturated heterocycles. The topological polar surface area (TPSA) is 62.3 Å². The number of aromatic nitrogens is 2. The summed E-state index contributed by atoms with van der Waals surface area (Å²) in [7, 11) is 1.64. The first-order chi connectivity index (χ1) is 9.33. The molecule has 0 saturated carbocycles. The molecule has 2 aromatic rings. The van der Waals surface area contributed by atoms with Crippen LogP contribution in [0.25, 0.3) is 0 Å². The number of ether oxygens (including phenoxy) is 2. The van der Waals surface area contributed by atoms with E-state index in [2.05, 4.69) is 4.98 Å². The first kappa shape index (κ1) is 13.4. The number of aryl methyl sites for hydroxylation is 1. The zero-order valence-corrected chi connectivity index (χ0v) is 11.1. The molecule has 0 radical (unpaired) electrons. The fraction of sp³-hybridized carbons (Fsp3) is 0.357. The number of rotatable bonds is 7. The van der Waals surface area contributed by atoms with E-state index < -0.39 is 0 Å². The van der Waals surface area contributed by atoms with Crippen LogP contribution < -0.4 is 15.2 Å². The third-order valence-electron chi connectivity index (χ3n) is 2.87. The molecule has 2 N–H and O–H groups in total. The molecule has 0 aliphatic rings. The molecule has 1 aromatic carbocycles. The maximum absolute atomic E-state index is 5.78. The molecule has 1 aromatic heterocycles. The van der Waals surface area contributed by atoms with Crippen LogP contribution in [-0.2, 0) is 13.1 Å². The summed E-state index contributed by atoms with van der Waals surface area (Å²) in [5, 5.41) is 0. The van der Waals surface area contributed by atoms with Crippen LogP contribution in [0.1, 0.15) is 12.0 Å². The first-order valence-electron chi connectivity index (χ1n) is 6.29. The quantitative estimate of drug-likeness (QED) is 0.772. The zero-order chi connectivity index (χ0) is 13.5. The summed E-state index contributed by atoms with van der Waals surface area (Å²) in [4.78, 5) is 4.00. The van der Waals surface area contributed by atoms with E-state index in [1.807, 2.05) is 29.0 Å². The Morgan fingerprint density at radius 2 is 2.26 bits per heavy atom. The van der Waals surface area contributed by atoms with Crippen molar-refractivity contribution in [2.75, 3.05) is 13.7 Å². The summed E-state index contributed by atoms with van der Waals surface area (Å²) in [5.74, 6) is 1.58. The van der Waals surface area contributed by atoms with Crippen LogP contribution in [0.3, 0.4) is 0 Å². The van der Waals surface area contributed by atoms with Gasteiger partial charge in [0.1, 0.15) is 11.5 Å². The van der Waals surface area contributed by atoms with E-state index in [1.165, 1.54) is 0 Å². The third-order valence-corrected chi connectivity index (χ3v) is 2.87.